The Morgan fingerprint density at radius 2 is 1.07 bits per heavy atom. The summed E-state index contributed by atoms with van der Waals surface area (Å²) in [5.41, 5.74) is 1.47. The molecule has 0 radical (unpaired) electrons. The summed E-state index contributed by atoms with van der Waals surface area (Å²) >= 11 is 0. The van der Waals surface area contributed by atoms with Crippen LogP contribution in [0.5, 0.6) is 0 Å². The first-order chi connectivity index (χ1) is 12.7. The Bertz CT molecular complexity index is 585. The van der Waals surface area contributed by atoms with Crippen LogP contribution >= 0.6 is 0 Å². The van der Waals surface area contributed by atoms with Crippen LogP contribution in [0.2, 0.25) is 0 Å². The van der Waals surface area contributed by atoms with Gasteiger partial charge in [0.1, 0.15) is 0 Å². The van der Waals surface area contributed by atoms with Crippen LogP contribution in [0.1, 0.15) is 39.5 Å². The second-order valence-electron chi connectivity index (χ2n) is 5.98. The Morgan fingerprint density at radius 3 is 1.41 bits per heavy atom. The molecule has 0 aliphatic heterocycles. The summed E-state index contributed by atoms with van der Waals surface area (Å²) in [7, 11) is 0. The van der Waals surface area contributed by atoms with E-state index in [1.165, 1.54) is 12.8 Å². The molecule has 2 aliphatic carbocycles. The molecule has 0 spiro atoms. The van der Waals surface area contributed by atoms with Crippen LogP contribution in [0, 0.1) is 0 Å². The van der Waals surface area contributed by atoms with E-state index in [0.717, 1.165) is 37.1 Å². The van der Waals surface area contributed by atoms with Gasteiger partial charge in [0.05, 0.1) is 0 Å². The molecular weight excluding hydrogens is 390 g/mol. The molecule has 5 heteroatoms. The van der Waals surface area contributed by atoms with Crippen molar-refractivity contribution in [2.45, 2.75) is 39.5 Å². The predicted octanol–water partition coefficient (Wildman–Crippen LogP) is 3.91. The van der Waals surface area contributed by atoms with Crippen molar-refractivity contribution in [3.8, 4) is 0 Å². The molecule has 0 unspecified atom stereocenters. The van der Waals surface area contributed by atoms with Gasteiger partial charge in [0, 0.05) is 56.1 Å². The normalized spacial score (nSPS) is 17.6. The average Bonchev–Trinajstić information content (AvgIpc) is 2.66. The maximum absolute atomic E-state index is 11.2. The molecule has 0 atom stereocenters. The molecule has 0 fully saturated rings. The first-order valence-electron chi connectivity index (χ1n) is 9.34. The second-order valence-corrected chi connectivity index (χ2v) is 5.98. The molecule has 0 bridgehead atoms. The summed E-state index contributed by atoms with van der Waals surface area (Å²) in [5, 5.41) is 6.24. The third kappa shape index (κ3) is 11.3. The molecule has 142 valence electrons. The van der Waals surface area contributed by atoms with Gasteiger partial charge in [-0.25, -0.2) is 0 Å². The standard InChI is InChI=1S/2C11H15NO.Zn/c2*1-2-3-8-12-9-10-6-4-5-7-11(10)13;/h2*4-7,9,12H,2-3,8H2,1H3;. The van der Waals surface area contributed by atoms with Crippen molar-refractivity contribution in [2.75, 3.05) is 13.1 Å². The summed E-state index contributed by atoms with van der Waals surface area (Å²) in [6.07, 6.45) is 22.2. The van der Waals surface area contributed by atoms with E-state index >= 15 is 0 Å². The number of ketones is 2. The van der Waals surface area contributed by atoms with Crippen molar-refractivity contribution in [1.82, 2.24) is 10.6 Å². The molecule has 0 aromatic heterocycles. The van der Waals surface area contributed by atoms with E-state index in [2.05, 4.69) is 24.5 Å². The monoisotopic (exact) mass is 418 g/mol. The fourth-order valence-corrected chi connectivity index (χ4v) is 2.12. The first-order valence-corrected chi connectivity index (χ1v) is 9.34. The Balaban J connectivity index is 0.000000483. The van der Waals surface area contributed by atoms with Crippen molar-refractivity contribution in [2.24, 2.45) is 0 Å². The molecule has 0 saturated carbocycles. The summed E-state index contributed by atoms with van der Waals surface area (Å²) < 4.78 is 0. The number of nitrogens with one attached hydrogen (secondary N) is 2. The van der Waals surface area contributed by atoms with Crippen LogP contribution in [0.25, 0.3) is 0 Å². The zero-order valence-electron chi connectivity index (χ0n) is 16.5. The van der Waals surface area contributed by atoms with E-state index < -0.39 is 0 Å². The van der Waals surface area contributed by atoms with E-state index in [1.54, 1.807) is 36.7 Å². The SMILES string of the molecule is CCCCNC=C1C=CC=CC1=O.CCCCNC=C1C=CC=CC1=O.[Zn]. The third-order valence-electron chi connectivity index (χ3n) is 3.70. The Labute approximate surface area is 176 Å². The second kappa shape index (κ2) is 16.2. The molecule has 2 rings (SSSR count). The van der Waals surface area contributed by atoms with Crippen LogP contribution in [0.4, 0.5) is 0 Å². The topological polar surface area (TPSA) is 58.2 Å². The van der Waals surface area contributed by atoms with Crippen molar-refractivity contribution in [1.29, 1.82) is 0 Å². The van der Waals surface area contributed by atoms with Gasteiger partial charge >= 0.3 is 0 Å². The number of carbonyl (C=O) groups is 2. The van der Waals surface area contributed by atoms with Gasteiger partial charge in [-0.15, -0.1) is 0 Å². The third-order valence-corrected chi connectivity index (χ3v) is 3.70. The molecule has 0 aromatic carbocycles. The number of hydrogen-bond donors (Lipinski definition) is 2. The smallest absolute Gasteiger partial charge is 0.187 e. The maximum atomic E-state index is 11.2. The summed E-state index contributed by atoms with van der Waals surface area (Å²) in [5.74, 6) is 0.151. The molecule has 0 aromatic rings. The molecule has 27 heavy (non-hydrogen) atoms. The van der Waals surface area contributed by atoms with Crippen LogP contribution < -0.4 is 10.6 Å². The predicted molar refractivity (Wildman–Crippen MR) is 109 cm³/mol. The zero-order valence-corrected chi connectivity index (χ0v) is 19.5. The summed E-state index contributed by atoms with van der Waals surface area (Å²) in [6, 6.07) is 0. The Morgan fingerprint density at radius 1 is 0.704 bits per heavy atom. The quantitative estimate of drug-likeness (QED) is 0.356. The van der Waals surface area contributed by atoms with Crippen LogP contribution in [-0.4, -0.2) is 24.7 Å². The van der Waals surface area contributed by atoms with E-state index in [-0.39, 0.29) is 31.0 Å². The average molecular weight is 420 g/mol. The molecule has 2 aliphatic rings. The van der Waals surface area contributed by atoms with Gasteiger partial charge in [0.2, 0.25) is 0 Å². The van der Waals surface area contributed by atoms with Crippen molar-refractivity contribution >= 4 is 11.6 Å². The van der Waals surface area contributed by atoms with Gasteiger partial charge in [-0.05, 0) is 37.1 Å². The maximum Gasteiger partial charge on any atom is 0.187 e. The van der Waals surface area contributed by atoms with E-state index in [0.29, 0.717) is 0 Å². The molecule has 0 amide bonds. The van der Waals surface area contributed by atoms with Crippen LogP contribution in [0.3, 0.4) is 0 Å². The largest absolute Gasteiger partial charge is 0.390 e. The number of allylic oxidation sites excluding steroid dienone is 10. The number of unbranched alkanes of at least 4 members (excludes halogenated alkanes) is 2. The first kappa shape index (κ1) is 25.0. The van der Waals surface area contributed by atoms with Crippen molar-refractivity contribution in [3.63, 3.8) is 0 Å². The van der Waals surface area contributed by atoms with E-state index in [1.807, 2.05) is 24.3 Å². The number of carbonyl (C=O) groups excluding carboxylic acids is 2. The summed E-state index contributed by atoms with van der Waals surface area (Å²) in [6.45, 7) is 6.15. The van der Waals surface area contributed by atoms with E-state index in [9.17, 15) is 9.59 Å². The van der Waals surface area contributed by atoms with Gasteiger partial charge in [0.25, 0.3) is 0 Å². The van der Waals surface area contributed by atoms with Crippen LogP contribution in [0.15, 0.2) is 72.2 Å². The Hall–Kier alpha value is -2.00. The van der Waals surface area contributed by atoms with Gasteiger partial charge in [-0.3, -0.25) is 9.59 Å². The molecule has 0 saturated heterocycles. The minimum Gasteiger partial charge on any atom is -0.390 e. The molecule has 2 N–H and O–H groups in total. The number of rotatable bonds is 8. The van der Waals surface area contributed by atoms with Crippen molar-refractivity contribution < 1.29 is 29.1 Å². The van der Waals surface area contributed by atoms with Crippen molar-refractivity contribution in [3.05, 3.63) is 72.2 Å². The van der Waals surface area contributed by atoms with Crippen LogP contribution in [-0.2, 0) is 29.1 Å². The zero-order chi connectivity index (χ0) is 19.0. The minimum atomic E-state index is 0. The fraction of sp³-hybridized carbons (Fsp3) is 0.364. The summed E-state index contributed by atoms with van der Waals surface area (Å²) in [4.78, 5) is 22.4. The van der Waals surface area contributed by atoms with Gasteiger partial charge in [-0.2, -0.15) is 0 Å². The molecular formula is C22H30N2O2Zn. The van der Waals surface area contributed by atoms with E-state index in [4.69, 9.17) is 0 Å². The van der Waals surface area contributed by atoms with Gasteiger partial charge in [-0.1, -0.05) is 51.0 Å². The Kier molecular flexibility index (Phi) is 15.0. The molecule has 4 nitrogen and oxygen atoms in total. The number of hydrogen-bond acceptors (Lipinski definition) is 4. The molecule has 0 heterocycles. The van der Waals surface area contributed by atoms with Gasteiger partial charge in [0.15, 0.2) is 11.6 Å². The van der Waals surface area contributed by atoms with Gasteiger partial charge < -0.3 is 10.6 Å². The fourth-order valence-electron chi connectivity index (χ4n) is 2.12. The minimum absolute atomic E-state index is 0.